The van der Waals surface area contributed by atoms with E-state index in [2.05, 4.69) is 21.9 Å². The Bertz CT molecular complexity index is 890. The van der Waals surface area contributed by atoms with Gasteiger partial charge < -0.3 is 16.0 Å². The fourth-order valence-corrected chi connectivity index (χ4v) is 3.23. The predicted octanol–water partition coefficient (Wildman–Crippen LogP) is 2.08. The van der Waals surface area contributed by atoms with Crippen LogP contribution in [0.4, 0.5) is 27.4 Å². The number of amides is 2. The quantitative estimate of drug-likeness (QED) is 0.584. The van der Waals surface area contributed by atoms with Crippen molar-refractivity contribution in [3.05, 3.63) is 49.1 Å². The number of hydrogen-bond donors (Lipinski definition) is 2. The number of carbonyl (C=O) groups is 2. The molecule has 1 aliphatic heterocycles. The SMILES string of the molecule is C=CC(=O)N1CCC[C@@H](Nc2ncnc(N)c2N(C=O)c2ccccc2F)C1. The fraction of sp³-hybridized carbons (Fsp3) is 0.263. The molecule has 0 radical (unpaired) electrons. The highest BCUT2D eigenvalue weighted by Crippen LogP contribution is 2.35. The summed E-state index contributed by atoms with van der Waals surface area (Å²) >= 11 is 0. The maximum absolute atomic E-state index is 14.3. The van der Waals surface area contributed by atoms with E-state index in [4.69, 9.17) is 5.73 Å². The van der Waals surface area contributed by atoms with Gasteiger partial charge >= 0.3 is 0 Å². The molecular weight excluding hydrogens is 363 g/mol. The number of nitrogens with two attached hydrogens (primary N) is 1. The molecule has 1 aromatic carbocycles. The van der Waals surface area contributed by atoms with Crippen molar-refractivity contribution >= 4 is 35.3 Å². The molecule has 0 spiro atoms. The summed E-state index contributed by atoms with van der Waals surface area (Å²) in [4.78, 5) is 34.6. The van der Waals surface area contributed by atoms with Crippen LogP contribution in [0.3, 0.4) is 0 Å². The van der Waals surface area contributed by atoms with Crippen molar-refractivity contribution in [2.24, 2.45) is 0 Å². The summed E-state index contributed by atoms with van der Waals surface area (Å²) in [7, 11) is 0. The number of aromatic nitrogens is 2. The minimum absolute atomic E-state index is 0.0303. The van der Waals surface area contributed by atoms with E-state index in [1.807, 2.05) is 0 Å². The second-order valence-corrected chi connectivity index (χ2v) is 6.35. The molecule has 1 aliphatic rings. The predicted molar refractivity (Wildman–Crippen MR) is 104 cm³/mol. The van der Waals surface area contributed by atoms with E-state index in [1.165, 1.54) is 30.6 Å². The van der Waals surface area contributed by atoms with Gasteiger partial charge in [-0.2, -0.15) is 0 Å². The van der Waals surface area contributed by atoms with Gasteiger partial charge in [0, 0.05) is 19.1 Å². The Morgan fingerprint density at radius 1 is 1.39 bits per heavy atom. The molecule has 0 aliphatic carbocycles. The normalized spacial score (nSPS) is 16.3. The molecule has 3 rings (SSSR count). The van der Waals surface area contributed by atoms with Crippen molar-refractivity contribution in [3.8, 4) is 0 Å². The second kappa shape index (κ2) is 8.47. The summed E-state index contributed by atoms with van der Waals surface area (Å²) in [5.74, 6) is -0.400. The van der Waals surface area contributed by atoms with Crippen molar-refractivity contribution < 1.29 is 14.0 Å². The zero-order valence-electron chi connectivity index (χ0n) is 15.2. The summed E-state index contributed by atoms with van der Waals surface area (Å²) in [5.41, 5.74) is 6.19. The number of nitrogens with one attached hydrogen (secondary N) is 1. The van der Waals surface area contributed by atoms with Crippen LogP contribution in [0.25, 0.3) is 0 Å². The molecule has 28 heavy (non-hydrogen) atoms. The van der Waals surface area contributed by atoms with Gasteiger partial charge in [-0.15, -0.1) is 0 Å². The number of halogens is 1. The van der Waals surface area contributed by atoms with Crippen LogP contribution in [0, 0.1) is 5.82 Å². The summed E-state index contributed by atoms with van der Waals surface area (Å²) in [6.07, 6.45) is 4.61. The van der Waals surface area contributed by atoms with E-state index < -0.39 is 5.82 Å². The molecule has 2 amide bonds. The van der Waals surface area contributed by atoms with E-state index in [1.54, 1.807) is 11.0 Å². The monoisotopic (exact) mass is 384 g/mol. The highest BCUT2D eigenvalue weighted by molar-refractivity contribution is 5.95. The number of anilines is 4. The first kappa shape index (κ1) is 19.3. The molecule has 9 heteroatoms. The molecule has 2 aromatic rings. The fourth-order valence-electron chi connectivity index (χ4n) is 3.23. The number of benzene rings is 1. The zero-order valence-corrected chi connectivity index (χ0v) is 15.2. The summed E-state index contributed by atoms with van der Waals surface area (Å²) in [6.45, 7) is 4.62. The molecule has 8 nitrogen and oxygen atoms in total. The van der Waals surface area contributed by atoms with Crippen molar-refractivity contribution in [1.29, 1.82) is 0 Å². The van der Waals surface area contributed by atoms with Gasteiger partial charge in [0.15, 0.2) is 11.6 Å². The Labute approximate surface area is 161 Å². The Balaban J connectivity index is 1.92. The number of carbonyl (C=O) groups excluding carboxylic acids is 2. The Hall–Kier alpha value is -3.49. The molecule has 1 fully saturated rings. The number of nitrogens with zero attached hydrogens (tertiary/aromatic N) is 4. The summed E-state index contributed by atoms with van der Waals surface area (Å²) < 4.78 is 14.3. The van der Waals surface area contributed by atoms with Crippen molar-refractivity contribution in [2.75, 3.05) is 29.0 Å². The van der Waals surface area contributed by atoms with E-state index in [9.17, 15) is 14.0 Å². The van der Waals surface area contributed by atoms with Gasteiger partial charge in [-0.1, -0.05) is 18.7 Å². The van der Waals surface area contributed by atoms with Gasteiger partial charge in [0.05, 0.1) is 5.69 Å². The topological polar surface area (TPSA) is 104 Å². The zero-order chi connectivity index (χ0) is 20.1. The molecule has 1 saturated heterocycles. The minimum atomic E-state index is -0.579. The lowest BCUT2D eigenvalue weighted by Crippen LogP contribution is -2.44. The summed E-state index contributed by atoms with van der Waals surface area (Å²) in [6, 6.07) is 5.74. The third-order valence-corrected chi connectivity index (χ3v) is 4.56. The van der Waals surface area contributed by atoms with Gasteiger partial charge in [-0.3, -0.25) is 14.5 Å². The third kappa shape index (κ3) is 3.93. The van der Waals surface area contributed by atoms with Crippen LogP contribution >= 0.6 is 0 Å². The molecule has 0 bridgehead atoms. The molecule has 3 N–H and O–H groups in total. The lowest BCUT2D eigenvalue weighted by atomic mass is 10.1. The standard InChI is InChI=1S/C19H21FN6O2/c1-2-16(28)25-9-5-6-13(10-25)24-19-17(18(21)22-11-23-19)26(12-27)15-8-4-3-7-14(15)20/h2-4,7-8,11-13H,1,5-6,9-10H2,(H3,21,22,23,24)/t13-/m1/s1. The number of piperidine rings is 1. The smallest absolute Gasteiger partial charge is 0.246 e. The van der Waals surface area contributed by atoms with E-state index in [0.717, 1.165) is 17.7 Å². The van der Waals surface area contributed by atoms with Crippen molar-refractivity contribution in [2.45, 2.75) is 18.9 Å². The Morgan fingerprint density at radius 2 is 2.18 bits per heavy atom. The van der Waals surface area contributed by atoms with Gasteiger partial charge in [-0.25, -0.2) is 14.4 Å². The Morgan fingerprint density at radius 3 is 2.89 bits per heavy atom. The van der Waals surface area contributed by atoms with Gasteiger partial charge in [-0.05, 0) is 31.1 Å². The molecule has 1 aromatic heterocycles. The van der Waals surface area contributed by atoms with Gasteiger partial charge in [0.2, 0.25) is 12.3 Å². The van der Waals surface area contributed by atoms with Crippen LogP contribution < -0.4 is 16.0 Å². The van der Waals surface area contributed by atoms with Crippen molar-refractivity contribution in [3.63, 3.8) is 0 Å². The van der Waals surface area contributed by atoms with Gasteiger partial charge in [0.1, 0.15) is 17.8 Å². The number of para-hydroxylation sites is 1. The van der Waals surface area contributed by atoms with Crippen molar-refractivity contribution in [1.82, 2.24) is 14.9 Å². The van der Waals surface area contributed by atoms with Crippen LogP contribution in [-0.4, -0.2) is 46.3 Å². The molecule has 0 saturated carbocycles. The van der Waals surface area contributed by atoms with Crippen LogP contribution in [0.1, 0.15) is 12.8 Å². The number of nitrogen functional groups attached to an aromatic ring is 1. The van der Waals surface area contributed by atoms with Gasteiger partial charge in [0.25, 0.3) is 0 Å². The minimum Gasteiger partial charge on any atom is -0.382 e. The summed E-state index contributed by atoms with van der Waals surface area (Å²) in [5, 5.41) is 3.22. The number of likely N-dealkylation sites (tertiary alicyclic amines) is 1. The third-order valence-electron chi connectivity index (χ3n) is 4.56. The second-order valence-electron chi connectivity index (χ2n) is 6.35. The van der Waals surface area contributed by atoms with E-state index in [-0.39, 0.29) is 29.1 Å². The number of rotatable bonds is 6. The average molecular weight is 384 g/mol. The van der Waals surface area contributed by atoms with E-state index in [0.29, 0.717) is 25.3 Å². The average Bonchev–Trinajstić information content (AvgIpc) is 2.71. The highest BCUT2D eigenvalue weighted by Gasteiger charge is 2.26. The van der Waals surface area contributed by atoms with Crippen LogP contribution in [0.15, 0.2) is 43.2 Å². The molecule has 1 atom stereocenters. The molecule has 146 valence electrons. The van der Waals surface area contributed by atoms with Crippen LogP contribution in [0.5, 0.6) is 0 Å². The van der Waals surface area contributed by atoms with Crippen LogP contribution in [-0.2, 0) is 9.59 Å². The first-order valence-corrected chi connectivity index (χ1v) is 8.82. The largest absolute Gasteiger partial charge is 0.382 e. The first-order chi connectivity index (χ1) is 13.5. The van der Waals surface area contributed by atoms with E-state index >= 15 is 0 Å². The molecule has 2 heterocycles. The number of hydrogen-bond acceptors (Lipinski definition) is 6. The maximum atomic E-state index is 14.3. The lowest BCUT2D eigenvalue weighted by molar-refractivity contribution is -0.127. The van der Waals surface area contributed by atoms with Crippen LogP contribution in [0.2, 0.25) is 0 Å². The maximum Gasteiger partial charge on any atom is 0.246 e. The first-order valence-electron chi connectivity index (χ1n) is 8.82. The highest BCUT2D eigenvalue weighted by atomic mass is 19.1. The lowest BCUT2D eigenvalue weighted by Gasteiger charge is -2.33. The molecule has 0 unspecified atom stereocenters. The molecular formula is C19H21FN6O2. The Kier molecular flexibility index (Phi) is 5.83.